The zero-order chi connectivity index (χ0) is 16.9. The van der Waals surface area contributed by atoms with Gasteiger partial charge in [-0.1, -0.05) is 0 Å². The fourth-order valence-corrected chi connectivity index (χ4v) is 2.84. The largest absolute Gasteiger partial charge is 0.485 e. The molecule has 1 atom stereocenters. The van der Waals surface area contributed by atoms with Crippen molar-refractivity contribution in [1.82, 2.24) is 19.7 Å². The summed E-state index contributed by atoms with van der Waals surface area (Å²) in [5.74, 6) is 1.72. The minimum atomic E-state index is 0.0153. The predicted octanol–water partition coefficient (Wildman–Crippen LogP) is 1.41. The van der Waals surface area contributed by atoms with Crippen molar-refractivity contribution in [2.75, 3.05) is 32.1 Å². The molecule has 128 valence electrons. The van der Waals surface area contributed by atoms with E-state index in [0.29, 0.717) is 19.5 Å². The number of rotatable bonds is 6. The monoisotopic (exact) mass is 329 g/mol. The number of hydrogen-bond acceptors (Lipinski definition) is 5. The number of hydrogen-bond donors (Lipinski definition) is 0. The predicted molar refractivity (Wildman–Crippen MR) is 91.0 cm³/mol. The molecule has 7 nitrogen and oxygen atoms in total. The molecule has 1 aliphatic heterocycles. The van der Waals surface area contributed by atoms with Crippen molar-refractivity contribution in [1.29, 1.82) is 0 Å². The number of amides is 1. The molecule has 1 fully saturated rings. The van der Waals surface area contributed by atoms with Gasteiger partial charge in [0.2, 0.25) is 5.91 Å². The van der Waals surface area contributed by atoms with E-state index in [9.17, 15) is 4.79 Å². The number of aryl methyl sites for hydroxylation is 1. The third kappa shape index (κ3) is 3.84. The molecular formula is C17H23N5O2. The molecule has 0 aromatic carbocycles. The summed E-state index contributed by atoms with van der Waals surface area (Å²) in [4.78, 5) is 20.5. The fraction of sp³-hybridized carbons (Fsp3) is 0.471. The topological polar surface area (TPSA) is 63.5 Å². The summed E-state index contributed by atoms with van der Waals surface area (Å²) in [6.45, 7) is 1.97. The molecule has 1 saturated heterocycles. The molecule has 3 rings (SSSR count). The highest BCUT2D eigenvalue weighted by Gasteiger charge is 2.28. The first-order valence-corrected chi connectivity index (χ1v) is 8.17. The zero-order valence-electron chi connectivity index (χ0n) is 14.1. The Bertz CT molecular complexity index is 671. The molecular weight excluding hydrogens is 306 g/mol. The van der Waals surface area contributed by atoms with Gasteiger partial charge < -0.3 is 14.5 Å². The maximum atomic E-state index is 12.3. The standard InChI is InChI=1S/C17H23N5O2/c1-20(2)17-15(5-3-8-18-17)24-14-6-11-21(13-14)16(23)7-12-22-10-4-9-19-22/h3-5,8-10,14H,6-7,11-13H2,1-2H3/t14-/m1/s1. The van der Waals surface area contributed by atoms with Crippen LogP contribution in [0.15, 0.2) is 36.8 Å². The van der Waals surface area contributed by atoms with Gasteiger partial charge in [0.25, 0.3) is 0 Å². The van der Waals surface area contributed by atoms with Crippen LogP contribution >= 0.6 is 0 Å². The molecule has 3 heterocycles. The molecule has 1 amide bonds. The molecule has 0 bridgehead atoms. The highest BCUT2D eigenvalue weighted by atomic mass is 16.5. The highest BCUT2D eigenvalue weighted by Crippen LogP contribution is 2.26. The van der Waals surface area contributed by atoms with Crippen LogP contribution in [0.4, 0.5) is 5.82 Å². The summed E-state index contributed by atoms with van der Waals surface area (Å²) in [7, 11) is 3.88. The third-order valence-corrected chi connectivity index (χ3v) is 4.08. The summed E-state index contributed by atoms with van der Waals surface area (Å²) in [6, 6.07) is 5.65. The number of likely N-dealkylation sites (tertiary alicyclic amines) is 1. The second-order valence-electron chi connectivity index (χ2n) is 6.11. The van der Waals surface area contributed by atoms with Crippen molar-refractivity contribution in [2.45, 2.75) is 25.5 Å². The van der Waals surface area contributed by atoms with Gasteiger partial charge in [0.05, 0.1) is 6.54 Å². The van der Waals surface area contributed by atoms with E-state index < -0.39 is 0 Å². The second kappa shape index (κ2) is 7.33. The number of anilines is 1. The van der Waals surface area contributed by atoms with Crippen LogP contribution < -0.4 is 9.64 Å². The van der Waals surface area contributed by atoms with Crippen molar-refractivity contribution in [3.8, 4) is 5.75 Å². The first-order chi connectivity index (χ1) is 11.6. The molecule has 1 aliphatic rings. The van der Waals surface area contributed by atoms with E-state index >= 15 is 0 Å². The number of nitrogens with zero attached hydrogens (tertiary/aromatic N) is 5. The quantitative estimate of drug-likeness (QED) is 0.802. The Morgan fingerprint density at radius 3 is 3.00 bits per heavy atom. The van der Waals surface area contributed by atoms with Gasteiger partial charge in [-0.15, -0.1) is 0 Å². The Hall–Kier alpha value is -2.57. The average Bonchev–Trinajstić information content (AvgIpc) is 3.24. The van der Waals surface area contributed by atoms with Crippen LogP contribution in [0.5, 0.6) is 5.75 Å². The highest BCUT2D eigenvalue weighted by molar-refractivity contribution is 5.76. The number of carbonyl (C=O) groups is 1. The summed E-state index contributed by atoms with van der Waals surface area (Å²) in [5, 5.41) is 4.12. The van der Waals surface area contributed by atoms with Crippen LogP contribution in [0, 0.1) is 0 Å². The summed E-state index contributed by atoms with van der Waals surface area (Å²) >= 11 is 0. The van der Waals surface area contributed by atoms with Gasteiger partial charge in [0, 0.05) is 58.6 Å². The van der Waals surface area contributed by atoms with Gasteiger partial charge in [-0.3, -0.25) is 9.48 Å². The van der Waals surface area contributed by atoms with Gasteiger partial charge in [0.15, 0.2) is 11.6 Å². The Morgan fingerprint density at radius 1 is 1.38 bits per heavy atom. The van der Waals surface area contributed by atoms with Crippen LogP contribution in [0.1, 0.15) is 12.8 Å². The van der Waals surface area contributed by atoms with E-state index in [4.69, 9.17) is 4.74 Å². The molecule has 0 spiro atoms. The molecule has 0 saturated carbocycles. The van der Waals surface area contributed by atoms with Crippen molar-refractivity contribution in [3.63, 3.8) is 0 Å². The van der Waals surface area contributed by atoms with Crippen LogP contribution in [0.2, 0.25) is 0 Å². The molecule has 24 heavy (non-hydrogen) atoms. The maximum Gasteiger partial charge on any atom is 0.224 e. The van der Waals surface area contributed by atoms with Crippen LogP contribution in [-0.4, -0.2) is 58.9 Å². The molecule has 0 N–H and O–H groups in total. The van der Waals surface area contributed by atoms with E-state index in [1.165, 1.54) is 0 Å². The number of pyridine rings is 1. The first-order valence-electron chi connectivity index (χ1n) is 8.17. The maximum absolute atomic E-state index is 12.3. The summed E-state index contributed by atoms with van der Waals surface area (Å²) in [5.41, 5.74) is 0. The van der Waals surface area contributed by atoms with Gasteiger partial charge >= 0.3 is 0 Å². The smallest absolute Gasteiger partial charge is 0.224 e. The minimum Gasteiger partial charge on any atom is -0.485 e. The van der Waals surface area contributed by atoms with Crippen LogP contribution in [-0.2, 0) is 11.3 Å². The molecule has 2 aromatic heterocycles. The lowest BCUT2D eigenvalue weighted by Crippen LogP contribution is -2.31. The van der Waals surface area contributed by atoms with Gasteiger partial charge in [-0.2, -0.15) is 5.10 Å². The Labute approximate surface area is 141 Å². The third-order valence-electron chi connectivity index (χ3n) is 4.08. The van der Waals surface area contributed by atoms with Crippen LogP contribution in [0.3, 0.4) is 0 Å². The van der Waals surface area contributed by atoms with E-state index in [0.717, 1.165) is 24.5 Å². The summed E-state index contributed by atoms with van der Waals surface area (Å²) in [6.07, 6.45) is 6.66. The molecule has 0 aliphatic carbocycles. The van der Waals surface area contributed by atoms with Gasteiger partial charge in [0.1, 0.15) is 6.10 Å². The molecule has 7 heteroatoms. The second-order valence-corrected chi connectivity index (χ2v) is 6.11. The number of carbonyl (C=O) groups excluding carboxylic acids is 1. The van der Waals surface area contributed by atoms with Crippen molar-refractivity contribution in [2.24, 2.45) is 0 Å². The average molecular weight is 329 g/mol. The minimum absolute atomic E-state index is 0.0153. The Morgan fingerprint density at radius 2 is 2.25 bits per heavy atom. The summed E-state index contributed by atoms with van der Waals surface area (Å²) < 4.78 is 7.86. The van der Waals surface area contributed by atoms with Crippen molar-refractivity contribution in [3.05, 3.63) is 36.8 Å². The number of ether oxygens (including phenoxy) is 1. The SMILES string of the molecule is CN(C)c1ncccc1O[C@@H]1CCN(C(=O)CCn2cccn2)C1. The zero-order valence-corrected chi connectivity index (χ0v) is 14.1. The lowest BCUT2D eigenvalue weighted by Gasteiger charge is -2.20. The Kier molecular flexibility index (Phi) is 4.98. The van der Waals surface area contributed by atoms with Crippen LogP contribution in [0.25, 0.3) is 0 Å². The molecule has 0 radical (unpaired) electrons. The lowest BCUT2D eigenvalue weighted by atomic mass is 10.3. The van der Waals surface area contributed by atoms with E-state index in [-0.39, 0.29) is 12.0 Å². The van der Waals surface area contributed by atoms with Gasteiger partial charge in [-0.25, -0.2) is 4.98 Å². The first kappa shape index (κ1) is 16.3. The van der Waals surface area contributed by atoms with Crippen molar-refractivity contribution >= 4 is 11.7 Å². The Balaban J connectivity index is 1.53. The molecule has 0 unspecified atom stereocenters. The van der Waals surface area contributed by atoms with E-state index in [1.54, 1.807) is 17.1 Å². The normalized spacial score (nSPS) is 17.1. The lowest BCUT2D eigenvalue weighted by molar-refractivity contribution is -0.130. The van der Waals surface area contributed by atoms with Gasteiger partial charge in [-0.05, 0) is 18.2 Å². The fourth-order valence-electron chi connectivity index (χ4n) is 2.84. The number of aromatic nitrogens is 3. The van der Waals surface area contributed by atoms with E-state index in [2.05, 4.69) is 10.1 Å². The molecule has 2 aromatic rings. The van der Waals surface area contributed by atoms with Crippen molar-refractivity contribution < 1.29 is 9.53 Å². The van der Waals surface area contributed by atoms with E-state index in [1.807, 2.05) is 48.3 Å².